The maximum Gasteiger partial charge on any atom is 0.331 e. The molecular formula is C9H17NO2. The molecule has 0 bridgehead atoms. The van der Waals surface area contributed by atoms with E-state index in [-0.39, 0.29) is 11.5 Å². The lowest BCUT2D eigenvalue weighted by Crippen LogP contribution is -2.33. The van der Waals surface area contributed by atoms with Crippen molar-refractivity contribution < 1.29 is 9.90 Å². The molecule has 0 rings (SSSR count). The van der Waals surface area contributed by atoms with Gasteiger partial charge in [-0.25, -0.2) is 4.79 Å². The SMILES string of the molecule is C/C(=C\C(N)C(C)(C)C)C(=O)O. The third-order valence-electron chi connectivity index (χ3n) is 1.77. The summed E-state index contributed by atoms with van der Waals surface area (Å²) in [7, 11) is 0. The standard InChI is InChI=1S/C9H17NO2/c1-6(8(11)12)5-7(10)9(2,3)4/h5,7H,10H2,1-4H3,(H,11,12)/b6-5+. The highest BCUT2D eigenvalue weighted by Gasteiger charge is 2.19. The van der Waals surface area contributed by atoms with E-state index in [1.807, 2.05) is 20.8 Å². The summed E-state index contributed by atoms with van der Waals surface area (Å²) in [6.45, 7) is 7.48. The molecule has 3 N–H and O–H groups in total. The van der Waals surface area contributed by atoms with Gasteiger partial charge < -0.3 is 10.8 Å². The average molecular weight is 171 g/mol. The van der Waals surface area contributed by atoms with Crippen LogP contribution >= 0.6 is 0 Å². The molecule has 0 amide bonds. The van der Waals surface area contributed by atoms with Crippen LogP contribution in [0.25, 0.3) is 0 Å². The van der Waals surface area contributed by atoms with Gasteiger partial charge in [-0.1, -0.05) is 26.8 Å². The second-order valence-corrected chi connectivity index (χ2v) is 4.05. The van der Waals surface area contributed by atoms with Crippen LogP contribution in [-0.4, -0.2) is 17.1 Å². The summed E-state index contributed by atoms with van der Waals surface area (Å²) in [6, 6.07) is -0.214. The number of hydrogen-bond donors (Lipinski definition) is 2. The molecule has 0 aliphatic rings. The minimum Gasteiger partial charge on any atom is -0.478 e. The summed E-state index contributed by atoms with van der Waals surface area (Å²) in [5, 5.41) is 8.57. The molecule has 70 valence electrons. The van der Waals surface area contributed by atoms with Gasteiger partial charge in [-0.2, -0.15) is 0 Å². The normalized spacial score (nSPS) is 15.9. The summed E-state index contributed by atoms with van der Waals surface area (Å²) in [5.41, 5.74) is 5.97. The number of carboxylic acids is 1. The fourth-order valence-electron chi connectivity index (χ4n) is 0.591. The third-order valence-corrected chi connectivity index (χ3v) is 1.77. The van der Waals surface area contributed by atoms with Crippen molar-refractivity contribution in [3.05, 3.63) is 11.6 Å². The van der Waals surface area contributed by atoms with E-state index >= 15 is 0 Å². The molecule has 0 aromatic carbocycles. The fraction of sp³-hybridized carbons (Fsp3) is 0.667. The van der Waals surface area contributed by atoms with Crippen molar-refractivity contribution in [2.24, 2.45) is 11.1 Å². The van der Waals surface area contributed by atoms with Crippen LogP contribution in [0.5, 0.6) is 0 Å². The summed E-state index contributed by atoms with van der Waals surface area (Å²) in [4.78, 5) is 10.4. The van der Waals surface area contributed by atoms with E-state index in [1.165, 1.54) is 0 Å². The van der Waals surface area contributed by atoms with Crippen molar-refractivity contribution >= 4 is 5.97 Å². The van der Waals surface area contributed by atoms with Crippen molar-refractivity contribution in [2.75, 3.05) is 0 Å². The van der Waals surface area contributed by atoms with Gasteiger partial charge in [0.1, 0.15) is 0 Å². The number of hydrogen-bond acceptors (Lipinski definition) is 2. The van der Waals surface area contributed by atoms with Gasteiger partial charge in [0.15, 0.2) is 0 Å². The minimum atomic E-state index is -0.908. The van der Waals surface area contributed by atoms with Crippen molar-refractivity contribution in [1.29, 1.82) is 0 Å². The zero-order valence-corrected chi connectivity index (χ0v) is 8.09. The van der Waals surface area contributed by atoms with E-state index in [4.69, 9.17) is 10.8 Å². The molecule has 0 heterocycles. The number of carboxylic acid groups (broad SMARTS) is 1. The Hall–Kier alpha value is -0.830. The van der Waals surface area contributed by atoms with E-state index < -0.39 is 5.97 Å². The van der Waals surface area contributed by atoms with E-state index in [2.05, 4.69) is 0 Å². The first-order valence-corrected chi connectivity index (χ1v) is 3.92. The third kappa shape index (κ3) is 3.53. The molecule has 0 radical (unpaired) electrons. The van der Waals surface area contributed by atoms with Crippen molar-refractivity contribution in [2.45, 2.75) is 33.7 Å². The summed E-state index contributed by atoms with van der Waals surface area (Å²) >= 11 is 0. The van der Waals surface area contributed by atoms with Gasteiger partial charge in [0.2, 0.25) is 0 Å². The Labute approximate surface area is 73.3 Å². The monoisotopic (exact) mass is 171 g/mol. The largest absolute Gasteiger partial charge is 0.478 e. The number of aliphatic carboxylic acids is 1. The lowest BCUT2D eigenvalue weighted by atomic mass is 9.86. The van der Waals surface area contributed by atoms with Crippen LogP contribution in [0.2, 0.25) is 0 Å². The molecule has 3 heteroatoms. The Balaban J connectivity index is 4.44. The Morgan fingerprint density at radius 1 is 1.50 bits per heavy atom. The van der Waals surface area contributed by atoms with Gasteiger partial charge in [0.25, 0.3) is 0 Å². The van der Waals surface area contributed by atoms with Gasteiger partial charge in [0.05, 0.1) is 0 Å². The fourth-order valence-corrected chi connectivity index (χ4v) is 0.591. The van der Waals surface area contributed by atoms with Gasteiger partial charge >= 0.3 is 5.97 Å². The zero-order valence-electron chi connectivity index (χ0n) is 8.09. The zero-order chi connectivity index (χ0) is 9.94. The van der Waals surface area contributed by atoms with E-state index in [0.717, 1.165) is 0 Å². The lowest BCUT2D eigenvalue weighted by molar-refractivity contribution is -0.132. The molecule has 0 aromatic heterocycles. The van der Waals surface area contributed by atoms with E-state index in [0.29, 0.717) is 5.57 Å². The molecule has 3 nitrogen and oxygen atoms in total. The maximum atomic E-state index is 10.4. The first-order valence-electron chi connectivity index (χ1n) is 3.92. The molecule has 1 atom stereocenters. The second-order valence-electron chi connectivity index (χ2n) is 4.05. The molecule has 0 aromatic rings. The van der Waals surface area contributed by atoms with Crippen LogP contribution in [0.1, 0.15) is 27.7 Å². The van der Waals surface area contributed by atoms with Gasteiger partial charge in [-0.05, 0) is 12.3 Å². The van der Waals surface area contributed by atoms with Crippen LogP contribution in [0.4, 0.5) is 0 Å². The highest BCUT2D eigenvalue weighted by Crippen LogP contribution is 2.19. The molecule has 0 saturated heterocycles. The summed E-state index contributed by atoms with van der Waals surface area (Å²) in [5.74, 6) is -0.908. The van der Waals surface area contributed by atoms with Crippen molar-refractivity contribution in [1.82, 2.24) is 0 Å². The Morgan fingerprint density at radius 2 is 1.92 bits per heavy atom. The van der Waals surface area contributed by atoms with E-state index in [9.17, 15) is 4.79 Å². The summed E-state index contributed by atoms with van der Waals surface area (Å²) in [6.07, 6.45) is 1.59. The quantitative estimate of drug-likeness (QED) is 0.617. The van der Waals surface area contributed by atoms with Crippen LogP contribution in [-0.2, 0) is 4.79 Å². The van der Waals surface area contributed by atoms with Gasteiger partial charge in [0, 0.05) is 11.6 Å². The van der Waals surface area contributed by atoms with Crippen LogP contribution in [0.3, 0.4) is 0 Å². The average Bonchev–Trinajstić information content (AvgIpc) is 1.85. The predicted octanol–water partition coefficient (Wildman–Crippen LogP) is 1.39. The van der Waals surface area contributed by atoms with Crippen LogP contribution < -0.4 is 5.73 Å². The van der Waals surface area contributed by atoms with E-state index in [1.54, 1.807) is 13.0 Å². The first kappa shape index (κ1) is 11.2. The first-order chi connectivity index (χ1) is 5.25. The Morgan fingerprint density at radius 3 is 2.17 bits per heavy atom. The highest BCUT2D eigenvalue weighted by atomic mass is 16.4. The molecule has 0 aliphatic heterocycles. The molecule has 0 aliphatic carbocycles. The molecule has 0 spiro atoms. The highest BCUT2D eigenvalue weighted by molar-refractivity contribution is 5.85. The topological polar surface area (TPSA) is 63.3 Å². The Kier molecular flexibility index (Phi) is 3.46. The molecule has 0 saturated carbocycles. The van der Waals surface area contributed by atoms with Crippen LogP contribution in [0, 0.1) is 5.41 Å². The number of nitrogens with two attached hydrogens (primary N) is 1. The van der Waals surface area contributed by atoms with Crippen molar-refractivity contribution in [3.63, 3.8) is 0 Å². The Bertz CT molecular complexity index is 201. The molecule has 1 unspecified atom stereocenters. The van der Waals surface area contributed by atoms with Crippen LogP contribution in [0.15, 0.2) is 11.6 Å². The molecule has 12 heavy (non-hydrogen) atoms. The maximum absolute atomic E-state index is 10.4. The van der Waals surface area contributed by atoms with Gasteiger partial charge in [-0.15, -0.1) is 0 Å². The molecule has 0 fully saturated rings. The predicted molar refractivity (Wildman–Crippen MR) is 48.8 cm³/mol. The lowest BCUT2D eigenvalue weighted by Gasteiger charge is -2.24. The summed E-state index contributed by atoms with van der Waals surface area (Å²) < 4.78 is 0. The number of rotatable bonds is 2. The van der Waals surface area contributed by atoms with Gasteiger partial charge in [-0.3, -0.25) is 0 Å². The second kappa shape index (κ2) is 3.72. The van der Waals surface area contributed by atoms with Crippen molar-refractivity contribution in [3.8, 4) is 0 Å². The minimum absolute atomic E-state index is 0.0866. The number of carbonyl (C=O) groups is 1. The molecular weight excluding hydrogens is 154 g/mol. The smallest absolute Gasteiger partial charge is 0.331 e.